The first-order chi connectivity index (χ1) is 6.56. The first-order valence-corrected chi connectivity index (χ1v) is 4.53. The van der Waals surface area contributed by atoms with E-state index < -0.39 is 0 Å². The first-order valence-electron chi connectivity index (χ1n) is 4.53. The fraction of sp³-hybridized carbons (Fsp3) is 0.400. The lowest BCUT2D eigenvalue weighted by atomic mass is 9.89. The van der Waals surface area contributed by atoms with Gasteiger partial charge in [-0.25, -0.2) is 4.39 Å². The molecule has 0 aliphatic rings. The standard InChI is InChI=1S/C10H15BFNO/c1-13(2)6-7-9(14-3)5-4-8(12)10(7)11/h4-5H,6,11H2,1-3H3. The van der Waals surface area contributed by atoms with Gasteiger partial charge in [0.1, 0.15) is 19.4 Å². The zero-order valence-corrected chi connectivity index (χ0v) is 9.10. The highest BCUT2D eigenvalue weighted by Crippen LogP contribution is 2.17. The van der Waals surface area contributed by atoms with Crippen molar-refractivity contribution in [3.05, 3.63) is 23.5 Å². The van der Waals surface area contributed by atoms with Gasteiger partial charge in [-0.15, -0.1) is 0 Å². The number of hydrogen-bond acceptors (Lipinski definition) is 2. The number of rotatable bonds is 3. The molecule has 0 aliphatic heterocycles. The smallest absolute Gasteiger partial charge is 0.143 e. The van der Waals surface area contributed by atoms with Gasteiger partial charge in [-0.3, -0.25) is 0 Å². The predicted octanol–water partition coefficient (Wildman–Crippen LogP) is 0.154. The van der Waals surface area contributed by atoms with Crippen LogP contribution in [0.25, 0.3) is 0 Å². The molecule has 0 spiro atoms. The molecule has 0 bridgehead atoms. The fourth-order valence-corrected chi connectivity index (χ4v) is 1.41. The molecule has 0 aromatic heterocycles. The molecule has 1 rings (SSSR count). The molecule has 14 heavy (non-hydrogen) atoms. The van der Waals surface area contributed by atoms with Crippen LogP contribution < -0.4 is 10.2 Å². The molecule has 0 aliphatic carbocycles. The van der Waals surface area contributed by atoms with Crippen LogP contribution in [0.5, 0.6) is 5.75 Å². The highest BCUT2D eigenvalue weighted by atomic mass is 19.1. The van der Waals surface area contributed by atoms with Gasteiger partial charge < -0.3 is 9.64 Å². The summed E-state index contributed by atoms with van der Waals surface area (Å²) in [6.07, 6.45) is 0. The van der Waals surface area contributed by atoms with E-state index in [0.717, 1.165) is 11.3 Å². The molecule has 76 valence electrons. The number of methoxy groups -OCH3 is 1. The molecule has 0 radical (unpaired) electrons. The minimum absolute atomic E-state index is 0.178. The van der Waals surface area contributed by atoms with Gasteiger partial charge in [0.05, 0.1) is 7.11 Å². The van der Waals surface area contributed by atoms with Crippen molar-refractivity contribution >= 4 is 13.3 Å². The van der Waals surface area contributed by atoms with Crippen molar-refractivity contribution in [2.24, 2.45) is 0 Å². The highest BCUT2D eigenvalue weighted by Gasteiger charge is 2.10. The Hall–Kier alpha value is -1.03. The van der Waals surface area contributed by atoms with Crippen molar-refractivity contribution in [2.45, 2.75) is 6.54 Å². The van der Waals surface area contributed by atoms with E-state index in [4.69, 9.17) is 4.74 Å². The average Bonchev–Trinajstić information content (AvgIpc) is 2.13. The lowest BCUT2D eigenvalue weighted by Crippen LogP contribution is -2.22. The maximum absolute atomic E-state index is 13.3. The Morgan fingerprint density at radius 2 is 2.07 bits per heavy atom. The second-order valence-corrected chi connectivity index (χ2v) is 3.59. The van der Waals surface area contributed by atoms with Crippen molar-refractivity contribution in [3.8, 4) is 5.75 Å². The lowest BCUT2D eigenvalue weighted by Gasteiger charge is -2.16. The predicted molar refractivity (Wildman–Crippen MR) is 58.5 cm³/mol. The minimum Gasteiger partial charge on any atom is -0.496 e. The van der Waals surface area contributed by atoms with Crippen LogP contribution in [0, 0.1) is 5.82 Å². The van der Waals surface area contributed by atoms with Crippen LogP contribution >= 0.6 is 0 Å². The van der Waals surface area contributed by atoms with Crippen LogP contribution in [0.1, 0.15) is 5.56 Å². The van der Waals surface area contributed by atoms with E-state index in [1.807, 2.05) is 19.0 Å². The second kappa shape index (κ2) is 4.46. The Labute approximate surface area is 85.1 Å². The van der Waals surface area contributed by atoms with Crippen molar-refractivity contribution in [3.63, 3.8) is 0 Å². The molecule has 1 aromatic carbocycles. The molecule has 4 heteroatoms. The summed E-state index contributed by atoms with van der Waals surface area (Å²) >= 11 is 0. The van der Waals surface area contributed by atoms with Crippen molar-refractivity contribution in [1.29, 1.82) is 0 Å². The SMILES string of the molecule is Bc1c(F)ccc(OC)c1CN(C)C. The molecular formula is C10H15BFNO. The molecule has 0 amide bonds. The Morgan fingerprint density at radius 3 is 2.57 bits per heavy atom. The summed E-state index contributed by atoms with van der Waals surface area (Å²) in [7, 11) is 7.27. The molecule has 0 N–H and O–H groups in total. The van der Waals surface area contributed by atoms with Gasteiger partial charge >= 0.3 is 0 Å². The third-order valence-corrected chi connectivity index (χ3v) is 2.18. The van der Waals surface area contributed by atoms with Crippen molar-refractivity contribution in [1.82, 2.24) is 4.90 Å². The molecule has 0 saturated carbocycles. The number of benzene rings is 1. The van der Waals surface area contributed by atoms with Gasteiger partial charge in [0, 0.05) is 12.1 Å². The molecule has 0 saturated heterocycles. The summed E-state index contributed by atoms with van der Waals surface area (Å²) in [4.78, 5) is 1.99. The van der Waals surface area contributed by atoms with Crippen molar-refractivity contribution < 1.29 is 9.13 Å². The molecule has 0 atom stereocenters. The second-order valence-electron chi connectivity index (χ2n) is 3.59. The van der Waals surface area contributed by atoms with Gasteiger partial charge in [0.25, 0.3) is 0 Å². The maximum Gasteiger partial charge on any atom is 0.143 e. The minimum atomic E-state index is -0.178. The maximum atomic E-state index is 13.3. The van der Waals surface area contributed by atoms with Crippen molar-refractivity contribution in [2.75, 3.05) is 21.2 Å². The highest BCUT2D eigenvalue weighted by molar-refractivity contribution is 6.33. The third kappa shape index (κ3) is 2.26. The van der Waals surface area contributed by atoms with Gasteiger partial charge in [-0.1, -0.05) is 0 Å². The van der Waals surface area contributed by atoms with Crippen LogP contribution in [0.15, 0.2) is 12.1 Å². The topological polar surface area (TPSA) is 12.5 Å². The number of hydrogen-bond donors (Lipinski definition) is 0. The van der Waals surface area contributed by atoms with Gasteiger partial charge in [0.2, 0.25) is 0 Å². The Kier molecular flexibility index (Phi) is 3.52. The van der Waals surface area contributed by atoms with Crippen LogP contribution in [-0.2, 0) is 6.54 Å². The summed E-state index contributed by atoms with van der Waals surface area (Å²) in [6, 6.07) is 3.11. The zero-order valence-electron chi connectivity index (χ0n) is 9.10. The van der Waals surface area contributed by atoms with E-state index in [1.165, 1.54) is 6.07 Å². The van der Waals surface area contributed by atoms with Gasteiger partial charge in [-0.05, 0) is 31.7 Å². The first kappa shape index (κ1) is 11.1. The summed E-state index contributed by atoms with van der Waals surface area (Å²) in [5, 5.41) is 0. The van der Waals surface area contributed by atoms with Gasteiger partial charge in [-0.2, -0.15) is 0 Å². The van der Waals surface area contributed by atoms with E-state index in [-0.39, 0.29) is 5.82 Å². The average molecular weight is 195 g/mol. The quantitative estimate of drug-likeness (QED) is 0.636. The molecule has 0 fully saturated rings. The van der Waals surface area contributed by atoms with E-state index in [0.29, 0.717) is 12.0 Å². The largest absolute Gasteiger partial charge is 0.496 e. The number of ether oxygens (including phenoxy) is 1. The summed E-state index contributed by atoms with van der Waals surface area (Å²) in [6.45, 7) is 0.687. The molecule has 0 heterocycles. The van der Waals surface area contributed by atoms with E-state index in [9.17, 15) is 4.39 Å². The van der Waals surface area contributed by atoms with Gasteiger partial charge in [0.15, 0.2) is 0 Å². The normalized spacial score (nSPS) is 10.6. The third-order valence-electron chi connectivity index (χ3n) is 2.18. The molecule has 1 aromatic rings. The summed E-state index contributed by atoms with van der Waals surface area (Å²) < 4.78 is 18.5. The van der Waals surface area contributed by atoms with Crippen LogP contribution in [0.2, 0.25) is 0 Å². The van der Waals surface area contributed by atoms with E-state index >= 15 is 0 Å². The van der Waals surface area contributed by atoms with Crippen LogP contribution in [0.4, 0.5) is 4.39 Å². The molecule has 2 nitrogen and oxygen atoms in total. The Morgan fingerprint density at radius 1 is 1.43 bits per heavy atom. The number of halogens is 1. The summed E-state index contributed by atoms with van der Waals surface area (Å²) in [5.74, 6) is 0.570. The van der Waals surface area contributed by atoms with Crippen LogP contribution in [0.3, 0.4) is 0 Å². The van der Waals surface area contributed by atoms with Crippen LogP contribution in [-0.4, -0.2) is 34.0 Å². The lowest BCUT2D eigenvalue weighted by molar-refractivity contribution is 0.372. The van der Waals surface area contributed by atoms with E-state index in [2.05, 4.69) is 0 Å². The van der Waals surface area contributed by atoms with E-state index in [1.54, 1.807) is 21.0 Å². The molecule has 0 unspecified atom stereocenters. The fourth-order valence-electron chi connectivity index (χ4n) is 1.41. The zero-order chi connectivity index (χ0) is 10.7. The molecular weight excluding hydrogens is 180 g/mol. The Balaban J connectivity index is 3.14. The monoisotopic (exact) mass is 195 g/mol. The Bertz CT molecular complexity index is 328. The summed E-state index contributed by atoms with van der Waals surface area (Å²) in [5.41, 5.74) is 1.58. The number of nitrogens with zero attached hydrogens (tertiary/aromatic N) is 1.